The number of benzene rings is 1. The lowest BCUT2D eigenvalue weighted by Crippen LogP contribution is -2.18. The Kier molecular flexibility index (Phi) is 9.76. The van der Waals surface area contributed by atoms with E-state index in [-0.39, 0.29) is 0 Å². The summed E-state index contributed by atoms with van der Waals surface area (Å²) >= 11 is 4.16. The van der Waals surface area contributed by atoms with Crippen LogP contribution < -0.4 is 10.1 Å². The summed E-state index contributed by atoms with van der Waals surface area (Å²) in [5.74, 6) is 1.61. The van der Waals surface area contributed by atoms with Gasteiger partial charge in [-0.2, -0.15) is 21.0 Å². The minimum Gasteiger partial charge on any atom is -0.478 e. The Balaban J connectivity index is 0.000000550. The molecular weight excluding hydrogens is 364 g/mol. The zero-order valence-electron chi connectivity index (χ0n) is 14.1. The van der Waals surface area contributed by atoms with Crippen molar-refractivity contribution < 1.29 is 22.3 Å². The first-order valence-corrected chi connectivity index (χ1v) is 9.85. The number of rotatable bonds is 8. The third kappa shape index (κ3) is 10.3. The van der Waals surface area contributed by atoms with Gasteiger partial charge in [-0.3, -0.25) is 9.11 Å². The summed E-state index contributed by atoms with van der Waals surface area (Å²) < 4.78 is 37.3. The van der Waals surface area contributed by atoms with Gasteiger partial charge < -0.3 is 10.1 Å². The van der Waals surface area contributed by atoms with Crippen LogP contribution in [0.1, 0.15) is 18.4 Å². The molecule has 2 rings (SSSR count). The number of hydrogen-bond donors (Lipinski definition) is 4. The summed E-state index contributed by atoms with van der Waals surface area (Å²) in [6, 6.07) is 10.2. The van der Waals surface area contributed by atoms with Crippen LogP contribution in [0.15, 0.2) is 30.3 Å². The third-order valence-electron chi connectivity index (χ3n) is 3.19. The van der Waals surface area contributed by atoms with Gasteiger partial charge in [-0.05, 0) is 37.9 Å². The van der Waals surface area contributed by atoms with E-state index in [0.29, 0.717) is 6.61 Å². The molecule has 0 aliphatic carbocycles. The van der Waals surface area contributed by atoms with E-state index in [1.807, 2.05) is 24.3 Å². The molecule has 7 nitrogen and oxygen atoms in total. The second kappa shape index (κ2) is 11.3. The first-order chi connectivity index (χ1) is 11.8. The van der Waals surface area contributed by atoms with Gasteiger partial charge in [0.25, 0.3) is 0 Å². The van der Waals surface area contributed by atoms with Crippen molar-refractivity contribution in [1.82, 2.24) is 10.3 Å². The van der Waals surface area contributed by atoms with E-state index in [2.05, 4.69) is 35.9 Å². The van der Waals surface area contributed by atoms with Gasteiger partial charge in [-0.1, -0.05) is 18.2 Å². The number of fused-ring (bicyclic) bond motifs is 1. The molecule has 0 saturated carbocycles. The predicted molar refractivity (Wildman–Crippen MR) is 102 cm³/mol. The number of hydrogen-bond acceptors (Lipinski definition) is 6. The molecule has 0 aliphatic heterocycles. The Hall–Kier alpha value is -1.39. The number of nitrogens with zero attached hydrogens (tertiary/aromatic N) is 1. The van der Waals surface area contributed by atoms with Gasteiger partial charge >= 0.3 is 10.4 Å². The fourth-order valence-electron chi connectivity index (χ4n) is 2.13. The number of aromatic nitrogens is 1. The van der Waals surface area contributed by atoms with Gasteiger partial charge in [0.05, 0.1) is 12.1 Å². The molecule has 0 saturated heterocycles. The maximum absolute atomic E-state index is 8.74. The molecule has 0 atom stereocenters. The average Bonchev–Trinajstić information content (AvgIpc) is 2.52. The van der Waals surface area contributed by atoms with Gasteiger partial charge in [-0.25, -0.2) is 4.98 Å². The quantitative estimate of drug-likeness (QED) is 0.313. The Morgan fingerprint density at radius 3 is 2.56 bits per heavy atom. The van der Waals surface area contributed by atoms with Crippen LogP contribution in [0.2, 0.25) is 0 Å². The van der Waals surface area contributed by atoms with Crippen molar-refractivity contribution in [2.75, 3.05) is 25.4 Å². The molecule has 3 N–H and O–H groups in total. The monoisotopic (exact) mass is 388 g/mol. The van der Waals surface area contributed by atoms with E-state index >= 15 is 0 Å². The highest BCUT2D eigenvalue weighted by atomic mass is 32.3. The molecule has 1 heterocycles. The number of pyridine rings is 1. The number of ether oxygens (including phenoxy) is 1. The molecule has 0 fully saturated rings. The first kappa shape index (κ1) is 21.7. The molecule has 0 amide bonds. The molecule has 140 valence electrons. The lowest BCUT2D eigenvalue weighted by molar-refractivity contribution is 0.295. The fraction of sp³-hybridized carbons (Fsp3) is 0.438. The molecule has 0 bridgehead atoms. The van der Waals surface area contributed by atoms with Crippen LogP contribution in [-0.2, 0) is 10.4 Å². The zero-order valence-corrected chi connectivity index (χ0v) is 15.8. The molecule has 9 heteroatoms. The Morgan fingerprint density at radius 1 is 1.20 bits per heavy atom. The van der Waals surface area contributed by atoms with Crippen molar-refractivity contribution in [3.05, 3.63) is 35.9 Å². The van der Waals surface area contributed by atoms with Gasteiger partial charge in [0.2, 0.25) is 5.88 Å². The van der Waals surface area contributed by atoms with Crippen LogP contribution in [0.3, 0.4) is 0 Å². The lowest BCUT2D eigenvalue weighted by atomic mass is 10.1. The van der Waals surface area contributed by atoms with Crippen molar-refractivity contribution in [1.29, 1.82) is 0 Å². The molecular formula is C16H24N2O5S2. The maximum Gasteiger partial charge on any atom is 0.394 e. The minimum atomic E-state index is -4.67. The molecule has 0 spiro atoms. The standard InChI is InChI=1S/C16H22N2OS.H2O4S/c1-13-12-16(18-15-7-3-2-6-14(13)15)19-10-5-4-8-17-9-11-20;1-5(2,3)4/h2-3,6-7,12,17,20H,4-5,8-11H2,1H3;(H2,1,2,3,4). The highest BCUT2D eigenvalue weighted by Gasteiger charge is 2.02. The van der Waals surface area contributed by atoms with Crippen molar-refractivity contribution in [3.63, 3.8) is 0 Å². The normalized spacial score (nSPS) is 11.0. The smallest absolute Gasteiger partial charge is 0.394 e. The first-order valence-electron chi connectivity index (χ1n) is 7.82. The van der Waals surface area contributed by atoms with Crippen molar-refractivity contribution in [2.24, 2.45) is 0 Å². The van der Waals surface area contributed by atoms with Crippen molar-refractivity contribution in [2.45, 2.75) is 19.8 Å². The highest BCUT2D eigenvalue weighted by molar-refractivity contribution is 7.80. The zero-order chi connectivity index (χ0) is 18.7. The third-order valence-corrected chi connectivity index (χ3v) is 3.41. The summed E-state index contributed by atoms with van der Waals surface area (Å²) in [5.41, 5.74) is 2.21. The predicted octanol–water partition coefficient (Wildman–Crippen LogP) is 2.57. The summed E-state index contributed by atoms with van der Waals surface area (Å²) in [5, 5.41) is 4.51. The lowest BCUT2D eigenvalue weighted by Gasteiger charge is -2.08. The van der Waals surface area contributed by atoms with E-state index in [1.54, 1.807) is 0 Å². The van der Waals surface area contributed by atoms with Crippen LogP contribution >= 0.6 is 12.6 Å². The fourth-order valence-corrected chi connectivity index (χ4v) is 2.28. The second-order valence-corrected chi connectivity index (χ2v) is 6.61. The van der Waals surface area contributed by atoms with Gasteiger partial charge in [0, 0.05) is 23.8 Å². The Morgan fingerprint density at radius 2 is 1.88 bits per heavy atom. The van der Waals surface area contributed by atoms with Gasteiger partial charge in [-0.15, -0.1) is 0 Å². The summed E-state index contributed by atoms with van der Waals surface area (Å²) in [6.07, 6.45) is 2.15. The Labute approximate surface area is 153 Å². The number of nitrogens with one attached hydrogen (secondary N) is 1. The molecule has 0 unspecified atom stereocenters. The molecule has 0 radical (unpaired) electrons. The SMILES string of the molecule is Cc1cc(OCCCCNCCS)nc2ccccc12.O=S(=O)(O)O. The van der Waals surface area contributed by atoms with E-state index < -0.39 is 10.4 Å². The molecule has 2 aromatic rings. The maximum atomic E-state index is 8.74. The van der Waals surface area contributed by atoms with Crippen LogP contribution in [0.25, 0.3) is 10.9 Å². The van der Waals surface area contributed by atoms with E-state index in [0.717, 1.165) is 43.1 Å². The summed E-state index contributed by atoms with van der Waals surface area (Å²) in [4.78, 5) is 4.54. The average molecular weight is 389 g/mol. The largest absolute Gasteiger partial charge is 0.478 e. The van der Waals surface area contributed by atoms with Gasteiger partial charge in [0.15, 0.2) is 0 Å². The minimum absolute atomic E-state index is 0.716. The van der Waals surface area contributed by atoms with Gasteiger partial charge in [0.1, 0.15) is 0 Å². The summed E-state index contributed by atoms with van der Waals surface area (Å²) in [6.45, 7) is 4.80. The summed E-state index contributed by atoms with van der Waals surface area (Å²) in [7, 11) is -4.67. The van der Waals surface area contributed by atoms with Crippen molar-refractivity contribution >= 4 is 33.9 Å². The highest BCUT2D eigenvalue weighted by Crippen LogP contribution is 2.21. The van der Waals surface area contributed by atoms with Crippen molar-refractivity contribution in [3.8, 4) is 5.88 Å². The van der Waals surface area contributed by atoms with Crippen LogP contribution in [-0.4, -0.2) is 48.0 Å². The number of aryl methyl sites for hydroxylation is 1. The molecule has 0 aliphatic rings. The molecule has 25 heavy (non-hydrogen) atoms. The van der Waals surface area contributed by atoms with E-state index in [9.17, 15) is 0 Å². The Bertz CT molecular complexity index is 745. The number of unbranched alkanes of at least 4 members (excludes halogenated alkanes) is 1. The van der Waals surface area contributed by atoms with Crippen LogP contribution in [0, 0.1) is 6.92 Å². The number of para-hydroxylation sites is 1. The van der Waals surface area contributed by atoms with E-state index in [4.69, 9.17) is 22.3 Å². The molecule has 1 aromatic heterocycles. The topological polar surface area (TPSA) is 109 Å². The van der Waals surface area contributed by atoms with Crippen LogP contribution in [0.4, 0.5) is 0 Å². The van der Waals surface area contributed by atoms with Crippen LogP contribution in [0.5, 0.6) is 5.88 Å². The second-order valence-electron chi connectivity index (χ2n) is 5.27. The molecule has 1 aromatic carbocycles. The number of thiol groups is 1. The van der Waals surface area contributed by atoms with E-state index in [1.165, 1.54) is 10.9 Å².